The summed E-state index contributed by atoms with van der Waals surface area (Å²) in [5.41, 5.74) is 2.76. The molecule has 1 aliphatic rings. The van der Waals surface area contributed by atoms with Crippen LogP contribution in [0.4, 0.5) is 0 Å². The first-order valence-corrected chi connectivity index (χ1v) is 9.51. The number of aliphatic imine (C=N–C) groups is 1. The first-order valence-electron chi connectivity index (χ1n) is 9.51. The lowest BCUT2D eigenvalue weighted by molar-refractivity contribution is 0.0600. The second-order valence-electron chi connectivity index (χ2n) is 6.90. The molecule has 0 unspecified atom stereocenters. The third kappa shape index (κ3) is 4.15. The Morgan fingerprint density at radius 1 is 1.00 bits per heavy atom. The number of methoxy groups -OCH3 is 2. The van der Waals surface area contributed by atoms with Crippen molar-refractivity contribution in [1.82, 2.24) is 4.98 Å². The van der Waals surface area contributed by atoms with Gasteiger partial charge in [0.05, 0.1) is 25.8 Å². The maximum Gasteiger partial charge on any atom is 0.338 e. The summed E-state index contributed by atoms with van der Waals surface area (Å²) in [6, 6.07) is 16.4. The van der Waals surface area contributed by atoms with Crippen molar-refractivity contribution in [3.05, 3.63) is 65.9 Å². The van der Waals surface area contributed by atoms with Crippen LogP contribution in [-0.2, 0) is 9.47 Å². The normalized spacial score (nSPS) is 15.3. The molecule has 0 amide bonds. The van der Waals surface area contributed by atoms with Crippen molar-refractivity contribution >= 4 is 11.9 Å². The van der Waals surface area contributed by atoms with Crippen LogP contribution in [0.5, 0.6) is 17.2 Å². The number of carbonyl (C=O) groups excluding carboxylic acids is 1. The molecule has 3 aromatic rings. The van der Waals surface area contributed by atoms with E-state index in [1.807, 2.05) is 25.1 Å². The molecule has 1 aromatic heterocycles. The maximum atomic E-state index is 12.2. The van der Waals surface area contributed by atoms with Gasteiger partial charge in [0.1, 0.15) is 29.5 Å². The minimum absolute atomic E-state index is 0.138. The van der Waals surface area contributed by atoms with Crippen LogP contribution in [0.3, 0.4) is 0 Å². The van der Waals surface area contributed by atoms with Crippen molar-refractivity contribution in [2.45, 2.75) is 13.0 Å². The van der Waals surface area contributed by atoms with Gasteiger partial charge in [0, 0.05) is 11.3 Å². The fourth-order valence-corrected chi connectivity index (χ4v) is 3.14. The third-order valence-electron chi connectivity index (χ3n) is 4.65. The molecule has 30 heavy (non-hydrogen) atoms. The number of H-pyrrole nitrogens is 1. The van der Waals surface area contributed by atoms with Crippen molar-refractivity contribution < 1.29 is 23.7 Å². The van der Waals surface area contributed by atoms with E-state index in [-0.39, 0.29) is 6.04 Å². The predicted molar refractivity (Wildman–Crippen MR) is 113 cm³/mol. The highest BCUT2D eigenvalue weighted by atomic mass is 16.5. The van der Waals surface area contributed by atoms with Gasteiger partial charge < -0.3 is 23.9 Å². The quantitative estimate of drug-likeness (QED) is 0.612. The predicted octanol–water partition coefficient (Wildman–Crippen LogP) is 4.43. The Balaban J connectivity index is 1.67. The minimum Gasteiger partial charge on any atom is -0.497 e. The van der Waals surface area contributed by atoms with Gasteiger partial charge in [-0.3, -0.25) is 0 Å². The number of benzene rings is 2. The van der Waals surface area contributed by atoms with E-state index in [0.29, 0.717) is 29.6 Å². The van der Waals surface area contributed by atoms with Crippen molar-refractivity contribution in [3.8, 4) is 28.5 Å². The van der Waals surface area contributed by atoms with Crippen LogP contribution in [0.25, 0.3) is 11.3 Å². The molecule has 1 atom stereocenters. The molecule has 4 rings (SSSR count). The number of aromatic amines is 1. The van der Waals surface area contributed by atoms with Gasteiger partial charge in [0.2, 0.25) is 5.90 Å². The van der Waals surface area contributed by atoms with Gasteiger partial charge in [0.25, 0.3) is 0 Å². The topological polar surface area (TPSA) is 82.1 Å². The van der Waals surface area contributed by atoms with E-state index in [2.05, 4.69) is 9.98 Å². The summed E-state index contributed by atoms with van der Waals surface area (Å²) in [6.07, 6.45) is 0. The highest BCUT2D eigenvalue weighted by molar-refractivity contribution is 5.95. The van der Waals surface area contributed by atoms with Crippen LogP contribution < -0.4 is 9.47 Å². The molecule has 2 heterocycles. The van der Waals surface area contributed by atoms with Gasteiger partial charge in [-0.25, -0.2) is 9.79 Å². The lowest BCUT2D eigenvalue weighted by atomic mass is 10.1. The molecule has 2 aromatic carbocycles. The number of aromatic nitrogens is 1. The molecule has 7 heteroatoms. The average molecular weight is 406 g/mol. The molecule has 0 bridgehead atoms. The summed E-state index contributed by atoms with van der Waals surface area (Å²) in [5.74, 6) is 2.01. The Hall–Kier alpha value is -3.74. The SMILES string of the molecule is COC(=O)c1cc(Oc2ccc(OC)cc2)cc(-c2ccc(C3=N[C@H](C)CO3)[nH]2)c1. The van der Waals surface area contributed by atoms with Crippen molar-refractivity contribution in [2.24, 2.45) is 4.99 Å². The van der Waals surface area contributed by atoms with Gasteiger partial charge in [-0.2, -0.15) is 0 Å². The van der Waals surface area contributed by atoms with Gasteiger partial charge in [-0.05, 0) is 61.5 Å². The summed E-state index contributed by atoms with van der Waals surface area (Å²) in [6.45, 7) is 2.57. The summed E-state index contributed by atoms with van der Waals surface area (Å²) in [5, 5.41) is 0. The standard InChI is InChI=1S/C23H22N2O5/c1-14-13-29-22(24-14)21-9-8-20(25-21)15-10-16(23(26)28-3)12-19(11-15)30-18-6-4-17(27-2)5-7-18/h4-12,14,25H,13H2,1-3H3/t14-/m1/s1. The fraction of sp³-hybridized carbons (Fsp3) is 0.217. The minimum atomic E-state index is -0.444. The first-order chi connectivity index (χ1) is 14.6. The number of esters is 1. The van der Waals surface area contributed by atoms with Crippen LogP contribution >= 0.6 is 0 Å². The van der Waals surface area contributed by atoms with Crippen LogP contribution in [0.1, 0.15) is 23.0 Å². The molecule has 1 N–H and O–H groups in total. The second kappa shape index (κ2) is 8.32. The summed E-state index contributed by atoms with van der Waals surface area (Å²) in [4.78, 5) is 20.0. The van der Waals surface area contributed by atoms with Crippen molar-refractivity contribution in [3.63, 3.8) is 0 Å². The zero-order chi connectivity index (χ0) is 21.1. The van der Waals surface area contributed by atoms with E-state index in [0.717, 1.165) is 22.7 Å². The molecule has 1 aliphatic heterocycles. The Morgan fingerprint density at radius 2 is 1.73 bits per heavy atom. The van der Waals surface area contributed by atoms with E-state index in [1.54, 1.807) is 43.5 Å². The Morgan fingerprint density at radius 3 is 2.40 bits per heavy atom. The van der Waals surface area contributed by atoms with E-state index in [1.165, 1.54) is 7.11 Å². The van der Waals surface area contributed by atoms with Gasteiger partial charge >= 0.3 is 5.97 Å². The molecule has 154 valence electrons. The molecule has 0 saturated heterocycles. The summed E-state index contributed by atoms with van der Waals surface area (Å²) in [7, 11) is 2.96. The monoisotopic (exact) mass is 406 g/mol. The van der Waals surface area contributed by atoms with Crippen LogP contribution in [0.15, 0.2) is 59.6 Å². The Kier molecular flexibility index (Phi) is 5.43. The summed E-state index contributed by atoms with van der Waals surface area (Å²) >= 11 is 0. The van der Waals surface area contributed by atoms with Crippen LogP contribution in [0, 0.1) is 0 Å². The van der Waals surface area contributed by atoms with Gasteiger partial charge in [0.15, 0.2) is 0 Å². The lowest BCUT2D eigenvalue weighted by Crippen LogP contribution is -2.03. The number of hydrogen-bond donors (Lipinski definition) is 1. The summed E-state index contributed by atoms with van der Waals surface area (Å²) < 4.78 is 21.7. The fourth-order valence-electron chi connectivity index (χ4n) is 3.14. The average Bonchev–Trinajstić information content (AvgIpc) is 3.42. The maximum absolute atomic E-state index is 12.2. The molecular formula is C23H22N2O5. The number of rotatable bonds is 6. The van der Waals surface area contributed by atoms with Gasteiger partial charge in [-0.15, -0.1) is 0 Å². The largest absolute Gasteiger partial charge is 0.497 e. The Bertz CT molecular complexity index is 1090. The third-order valence-corrected chi connectivity index (χ3v) is 4.65. The zero-order valence-corrected chi connectivity index (χ0v) is 17.0. The van der Waals surface area contributed by atoms with Crippen molar-refractivity contribution in [2.75, 3.05) is 20.8 Å². The number of hydrogen-bond acceptors (Lipinski definition) is 6. The van der Waals surface area contributed by atoms with Crippen LogP contribution in [-0.4, -0.2) is 43.7 Å². The lowest BCUT2D eigenvalue weighted by Gasteiger charge is -2.10. The molecular weight excluding hydrogens is 384 g/mol. The highest BCUT2D eigenvalue weighted by Crippen LogP contribution is 2.30. The van der Waals surface area contributed by atoms with E-state index in [9.17, 15) is 4.79 Å². The van der Waals surface area contributed by atoms with E-state index < -0.39 is 5.97 Å². The first kappa shape index (κ1) is 19.6. The molecule has 0 spiro atoms. The number of ether oxygens (including phenoxy) is 4. The number of nitrogens with zero attached hydrogens (tertiary/aromatic N) is 1. The zero-order valence-electron chi connectivity index (χ0n) is 17.0. The van der Waals surface area contributed by atoms with Crippen molar-refractivity contribution in [1.29, 1.82) is 0 Å². The molecule has 0 radical (unpaired) electrons. The molecule has 0 saturated carbocycles. The highest BCUT2D eigenvalue weighted by Gasteiger charge is 2.18. The second-order valence-corrected chi connectivity index (χ2v) is 6.90. The number of nitrogens with one attached hydrogen (secondary N) is 1. The molecule has 0 fully saturated rings. The number of carbonyl (C=O) groups is 1. The van der Waals surface area contributed by atoms with E-state index >= 15 is 0 Å². The van der Waals surface area contributed by atoms with Crippen LogP contribution in [0.2, 0.25) is 0 Å². The van der Waals surface area contributed by atoms with Gasteiger partial charge in [-0.1, -0.05) is 0 Å². The van der Waals surface area contributed by atoms with E-state index in [4.69, 9.17) is 18.9 Å². The smallest absolute Gasteiger partial charge is 0.338 e. The molecule has 0 aliphatic carbocycles. The molecule has 7 nitrogen and oxygen atoms in total. The Labute approximate surface area is 174 Å².